The van der Waals surface area contributed by atoms with Crippen LogP contribution in [-0.2, 0) is 9.59 Å². The minimum atomic E-state index is -1.23. The van der Waals surface area contributed by atoms with Crippen molar-refractivity contribution in [3.05, 3.63) is 89.7 Å². The summed E-state index contributed by atoms with van der Waals surface area (Å²) in [5.74, 6) is -1.91. The molecule has 9 nitrogen and oxygen atoms in total. The Bertz CT molecular complexity index is 1240. The number of hydrazine groups is 1. The average Bonchev–Trinajstić information content (AvgIpc) is 3.16. The second kappa shape index (κ2) is 9.53. The van der Waals surface area contributed by atoms with Crippen LogP contribution >= 0.6 is 0 Å². The van der Waals surface area contributed by atoms with Gasteiger partial charge in [0, 0.05) is 24.0 Å². The summed E-state index contributed by atoms with van der Waals surface area (Å²) in [6.07, 6.45) is 2.56. The molecule has 1 aliphatic rings. The number of nitrogens with one attached hydrogen (secondary N) is 1. The molecule has 0 radical (unpaired) electrons. The van der Waals surface area contributed by atoms with Crippen molar-refractivity contribution in [1.82, 2.24) is 15.4 Å². The van der Waals surface area contributed by atoms with E-state index in [0.29, 0.717) is 11.4 Å². The highest BCUT2D eigenvalue weighted by atomic mass is 16.5. The SMILES string of the molecule is COc1cccc(N2C(=O)CC(N(NC(=O)c3cccnc3)C(=O)c3ccc(C)cc3)C2=O)c1. The Morgan fingerprint density at radius 3 is 2.50 bits per heavy atom. The van der Waals surface area contributed by atoms with Gasteiger partial charge >= 0.3 is 0 Å². The van der Waals surface area contributed by atoms with Crippen molar-refractivity contribution >= 4 is 29.3 Å². The quantitative estimate of drug-likeness (QED) is 0.465. The van der Waals surface area contributed by atoms with Crippen LogP contribution in [0.4, 0.5) is 5.69 Å². The number of methoxy groups -OCH3 is 1. The molecule has 0 bridgehead atoms. The molecule has 1 saturated heterocycles. The highest BCUT2D eigenvalue weighted by Crippen LogP contribution is 2.28. The van der Waals surface area contributed by atoms with Crippen molar-refractivity contribution in [2.75, 3.05) is 12.0 Å². The van der Waals surface area contributed by atoms with Crippen LogP contribution in [0.5, 0.6) is 5.75 Å². The first-order valence-corrected chi connectivity index (χ1v) is 10.5. The van der Waals surface area contributed by atoms with E-state index in [9.17, 15) is 19.2 Å². The van der Waals surface area contributed by atoms with E-state index >= 15 is 0 Å². The maximum atomic E-state index is 13.4. The Morgan fingerprint density at radius 1 is 1.06 bits per heavy atom. The lowest BCUT2D eigenvalue weighted by atomic mass is 10.1. The van der Waals surface area contributed by atoms with Gasteiger partial charge in [0.25, 0.3) is 17.7 Å². The molecule has 4 rings (SSSR count). The van der Waals surface area contributed by atoms with E-state index < -0.39 is 29.7 Å². The maximum absolute atomic E-state index is 13.4. The van der Waals surface area contributed by atoms with Crippen LogP contribution in [0.2, 0.25) is 0 Å². The number of hydrogen-bond acceptors (Lipinski definition) is 6. The molecule has 1 atom stereocenters. The number of benzene rings is 2. The number of ether oxygens (including phenoxy) is 1. The predicted octanol–water partition coefficient (Wildman–Crippen LogP) is 2.52. The first-order chi connectivity index (χ1) is 16.4. The molecular formula is C25H22N4O5. The molecule has 34 heavy (non-hydrogen) atoms. The smallest absolute Gasteiger partial charge is 0.273 e. The van der Waals surface area contributed by atoms with Gasteiger partial charge in [0.2, 0.25) is 5.91 Å². The number of rotatable bonds is 5. The van der Waals surface area contributed by atoms with Gasteiger partial charge in [0.05, 0.1) is 24.8 Å². The lowest BCUT2D eigenvalue weighted by molar-refractivity contribution is -0.122. The number of anilines is 1. The number of aryl methyl sites for hydroxylation is 1. The highest BCUT2D eigenvalue weighted by Gasteiger charge is 2.45. The molecule has 0 saturated carbocycles. The number of amides is 4. The molecule has 2 aromatic carbocycles. The minimum absolute atomic E-state index is 0.200. The summed E-state index contributed by atoms with van der Waals surface area (Å²) in [4.78, 5) is 57.4. The molecule has 1 unspecified atom stereocenters. The average molecular weight is 458 g/mol. The van der Waals surface area contributed by atoms with Crippen LogP contribution in [0.3, 0.4) is 0 Å². The molecular weight excluding hydrogens is 436 g/mol. The number of nitrogens with zero attached hydrogens (tertiary/aromatic N) is 3. The second-order valence-corrected chi connectivity index (χ2v) is 7.71. The fourth-order valence-electron chi connectivity index (χ4n) is 3.61. The Morgan fingerprint density at radius 2 is 1.82 bits per heavy atom. The summed E-state index contributed by atoms with van der Waals surface area (Å²) in [5, 5.41) is 0.931. The van der Waals surface area contributed by atoms with Crippen molar-refractivity contribution in [2.24, 2.45) is 0 Å². The summed E-state index contributed by atoms with van der Waals surface area (Å²) < 4.78 is 5.19. The molecule has 1 aromatic heterocycles. The summed E-state index contributed by atoms with van der Waals surface area (Å²) >= 11 is 0. The molecule has 4 amide bonds. The summed E-state index contributed by atoms with van der Waals surface area (Å²) in [5.41, 5.74) is 4.24. The van der Waals surface area contributed by atoms with Gasteiger partial charge in [0.1, 0.15) is 11.8 Å². The summed E-state index contributed by atoms with van der Waals surface area (Å²) in [7, 11) is 1.48. The number of carbonyl (C=O) groups is 4. The van der Waals surface area contributed by atoms with E-state index in [4.69, 9.17) is 4.74 Å². The Hall–Kier alpha value is -4.53. The number of carbonyl (C=O) groups excluding carboxylic acids is 4. The van der Waals surface area contributed by atoms with Crippen molar-refractivity contribution < 1.29 is 23.9 Å². The molecule has 1 N–H and O–H groups in total. The van der Waals surface area contributed by atoms with Crippen LogP contribution in [0.1, 0.15) is 32.7 Å². The van der Waals surface area contributed by atoms with Gasteiger partial charge in [-0.3, -0.25) is 29.6 Å². The molecule has 2 heterocycles. The zero-order valence-corrected chi connectivity index (χ0v) is 18.6. The van der Waals surface area contributed by atoms with Crippen molar-refractivity contribution in [3.63, 3.8) is 0 Å². The van der Waals surface area contributed by atoms with Gasteiger partial charge < -0.3 is 4.74 Å². The van der Waals surface area contributed by atoms with Gasteiger partial charge in [-0.15, -0.1) is 0 Å². The summed E-state index contributed by atoms with van der Waals surface area (Å²) in [6, 6.07) is 15.1. The molecule has 0 aliphatic carbocycles. The van der Waals surface area contributed by atoms with Crippen molar-refractivity contribution in [2.45, 2.75) is 19.4 Å². The lowest BCUT2D eigenvalue weighted by Gasteiger charge is -2.28. The molecule has 172 valence electrons. The molecule has 1 aliphatic heterocycles. The number of hydrogen-bond donors (Lipinski definition) is 1. The molecule has 3 aromatic rings. The minimum Gasteiger partial charge on any atom is -0.497 e. The van der Waals surface area contributed by atoms with Gasteiger partial charge in [0.15, 0.2) is 0 Å². The highest BCUT2D eigenvalue weighted by molar-refractivity contribution is 6.23. The normalized spacial score (nSPS) is 15.2. The van der Waals surface area contributed by atoms with Crippen LogP contribution in [0.25, 0.3) is 0 Å². The Kier molecular flexibility index (Phi) is 6.35. The molecule has 1 fully saturated rings. The molecule has 0 spiro atoms. The van der Waals surface area contributed by atoms with Crippen molar-refractivity contribution in [1.29, 1.82) is 0 Å². The van der Waals surface area contributed by atoms with E-state index in [-0.39, 0.29) is 17.5 Å². The van der Waals surface area contributed by atoms with Crippen LogP contribution in [0, 0.1) is 6.92 Å². The Labute approximate surface area is 195 Å². The van der Waals surface area contributed by atoms with Crippen LogP contribution < -0.4 is 15.1 Å². The zero-order chi connectivity index (χ0) is 24.2. The van der Waals surface area contributed by atoms with Crippen molar-refractivity contribution in [3.8, 4) is 5.75 Å². The van der Waals surface area contributed by atoms with Crippen LogP contribution in [0.15, 0.2) is 73.1 Å². The number of aromatic nitrogens is 1. The van der Waals surface area contributed by atoms with Gasteiger partial charge in [-0.25, -0.2) is 9.91 Å². The third kappa shape index (κ3) is 4.49. The third-order valence-electron chi connectivity index (χ3n) is 5.41. The Balaban J connectivity index is 1.68. The van der Waals surface area contributed by atoms with E-state index in [1.165, 1.54) is 25.6 Å². The maximum Gasteiger partial charge on any atom is 0.273 e. The first-order valence-electron chi connectivity index (χ1n) is 10.5. The van der Waals surface area contributed by atoms with E-state index in [0.717, 1.165) is 15.5 Å². The lowest BCUT2D eigenvalue weighted by Crippen LogP contribution is -2.54. The van der Waals surface area contributed by atoms with E-state index in [1.807, 2.05) is 6.92 Å². The summed E-state index contributed by atoms with van der Waals surface area (Å²) in [6.45, 7) is 1.88. The predicted molar refractivity (Wildman–Crippen MR) is 123 cm³/mol. The zero-order valence-electron chi connectivity index (χ0n) is 18.6. The fraction of sp³-hybridized carbons (Fsp3) is 0.160. The van der Waals surface area contributed by atoms with Gasteiger partial charge in [-0.2, -0.15) is 0 Å². The standard InChI is InChI=1S/C25H22N4O5/c1-16-8-10-17(11-9-16)24(32)29(27-23(31)18-5-4-12-26-15-18)21-14-22(30)28(25(21)33)19-6-3-7-20(13-19)34-2/h3-13,15,21H,14H2,1-2H3,(H,27,31). The second-order valence-electron chi connectivity index (χ2n) is 7.71. The fourth-order valence-corrected chi connectivity index (χ4v) is 3.61. The van der Waals surface area contributed by atoms with Gasteiger partial charge in [-0.1, -0.05) is 23.8 Å². The molecule has 9 heteroatoms. The topological polar surface area (TPSA) is 109 Å². The van der Waals surface area contributed by atoms with E-state index in [1.54, 1.807) is 54.6 Å². The van der Waals surface area contributed by atoms with Crippen LogP contribution in [-0.4, -0.2) is 46.8 Å². The van der Waals surface area contributed by atoms with Gasteiger partial charge in [-0.05, 0) is 43.3 Å². The largest absolute Gasteiger partial charge is 0.497 e. The number of imide groups is 1. The first kappa shape index (κ1) is 22.7. The number of pyridine rings is 1. The third-order valence-corrected chi connectivity index (χ3v) is 5.41. The van der Waals surface area contributed by atoms with E-state index in [2.05, 4.69) is 10.4 Å². The monoisotopic (exact) mass is 458 g/mol.